The van der Waals surface area contributed by atoms with Crippen molar-refractivity contribution in [2.24, 2.45) is 5.10 Å². The van der Waals surface area contributed by atoms with Gasteiger partial charge in [-0.1, -0.05) is 62.7 Å². The highest BCUT2D eigenvalue weighted by molar-refractivity contribution is 6.33. The molecule has 3 nitrogen and oxygen atoms in total. The second-order valence-electron chi connectivity index (χ2n) is 6.95. The Balaban J connectivity index is 2.12. The first-order valence-corrected chi connectivity index (χ1v) is 8.28. The zero-order valence-corrected chi connectivity index (χ0v) is 15.5. The molecule has 1 N–H and O–H groups in total. The molecule has 0 radical (unpaired) electrons. The number of hydrogen-bond acceptors (Lipinski definition) is 2. The minimum absolute atomic E-state index is 0.111. The van der Waals surface area contributed by atoms with E-state index in [0.717, 1.165) is 16.8 Å². The Morgan fingerprint density at radius 2 is 1.71 bits per heavy atom. The Morgan fingerprint density at radius 3 is 2.25 bits per heavy atom. The summed E-state index contributed by atoms with van der Waals surface area (Å²) in [5.41, 5.74) is 7.08. The van der Waals surface area contributed by atoms with Crippen molar-refractivity contribution in [3.8, 4) is 0 Å². The molecule has 0 bridgehead atoms. The number of hydrazone groups is 1. The van der Waals surface area contributed by atoms with Gasteiger partial charge in [-0.05, 0) is 48.1 Å². The van der Waals surface area contributed by atoms with Crippen molar-refractivity contribution in [3.05, 3.63) is 69.7 Å². The van der Waals surface area contributed by atoms with Crippen LogP contribution in [-0.2, 0) is 5.41 Å². The van der Waals surface area contributed by atoms with Gasteiger partial charge in [0, 0.05) is 0 Å². The summed E-state index contributed by atoms with van der Waals surface area (Å²) in [4.78, 5) is 12.2. The Bertz CT molecular complexity index is 771. The van der Waals surface area contributed by atoms with Crippen LogP contribution in [0.4, 0.5) is 0 Å². The molecule has 0 unspecified atom stereocenters. The fraction of sp³-hybridized carbons (Fsp3) is 0.300. The van der Waals surface area contributed by atoms with E-state index in [9.17, 15) is 4.79 Å². The van der Waals surface area contributed by atoms with Gasteiger partial charge in [0.05, 0.1) is 16.3 Å². The third kappa shape index (κ3) is 4.45. The number of amides is 1. The number of nitrogens with zero attached hydrogens (tertiary/aromatic N) is 1. The van der Waals surface area contributed by atoms with Crippen LogP contribution in [0, 0.1) is 6.92 Å². The molecule has 0 aromatic heterocycles. The van der Waals surface area contributed by atoms with Crippen molar-refractivity contribution in [1.29, 1.82) is 0 Å². The summed E-state index contributed by atoms with van der Waals surface area (Å²) in [7, 11) is 0. The minimum Gasteiger partial charge on any atom is -0.267 e. The van der Waals surface area contributed by atoms with E-state index in [0.29, 0.717) is 10.6 Å². The van der Waals surface area contributed by atoms with Gasteiger partial charge in [-0.25, -0.2) is 5.43 Å². The molecule has 2 aromatic rings. The zero-order chi connectivity index (χ0) is 17.9. The van der Waals surface area contributed by atoms with E-state index in [1.54, 1.807) is 12.1 Å². The summed E-state index contributed by atoms with van der Waals surface area (Å²) in [6.07, 6.45) is 0. The van der Waals surface area contributed by atoms with Crippen molar-refractivity contribution in [2.75, 3.05) is 0 Å². The van der Waals surface area contributed by atoms with Gasteiger partial charge < -0.3 is 0 Å². The van der Waals surface area contributed by atoms with Crippen LogP contribution in [0.25, 0.3) is 0 Å². The van der Waals surface area contributed by atoms with Crippen LogP contribution in [-0.4, -0.2) is 11.6 Å². The van der Waals surface area contributed by atoms with Crippen LogP contribution >= 0.6 is 11.6 Å². The molecule has 2 aromatic carbocycles. The number of carbonyl (C=O) groups excluding carboxylic acids is 1. The van der Waals surface area contributed by atoms with E-state index in [-0.39, 0.29) is 11.3 Å². The molecule has 0 fully saturated rings. The first-order chi connectivity index (χ1) is 11.2. The molecule has 0 saturated carbocycles. The van der Waals surface area contributed by atoms with Crippen molar-refractivity contribution >= 4 is 23.2 Å². The first kappa shape index (κ1) is 18.2. The van der Waals surface area contributed by atoms with Gasteiger partial charge in [0.25, 0.3) is 5.91 Å². The van der Waals surface area contributed by atoms with Gasteiger partial charge in [-0.15, -0.1) is 0 Å². The molecule has 0 aliphatic rings. The first-order valence-electron chi connectivity index (χ1n) is 7.90. The average molecular weight is 343 g/mol. The van der Waals surface area contributed by atoms with Crippen molar-refractivity contribution in [3.63, 3.8) is 0 Å². The third-order valence-corrected chi connectivity index (χ3v) is 4.18. The predicted molar refractivity (Wildman–Crippen MR) is 101 cm³/mol. The number of halogens is 1. The van der Waals surface area contributed by atoms with Gasteiger partial charge in [-0.3, -0.25) is 4.79 Å². The Labute approximate surface area is 148 Å². The molecule has 0 aliphatic carbocycles. The maximum atomic E-state index is 12.2. The second kappa shape index (κ2) is 7.18. The lowest BCUT2D eigenvalue weighted by Crippen LogP contribution is -2.20. The highest BCUT2D eigenvalue weighted by atomic mass is 35.5. The molecule has 2 rings (SSSR count). The van der Waals surface area contributed by atoms with Crippen LogP contribution < -0.4 is 5.43 Å². The summed E-state index contributed by atoms with van der Waals surface area (Å²) in [6.45, 7) is 10.3. The highest BCUT2D eigenvalue weighted by Gasteiger charge is 2.13. The lowest BCUT2D eigenvalue weighted by Gasteiger charge is -2.19. The molecule has 4 heteroatoms. The molecule has 0 aliphatic heterocycles. The van der Waals surface area contributed by atoms with Crippen LogP contribution in [0.3, 0.4) is 0 Å². The van der Waals surface area contributed by atoms with Crippen LogP contribution in [0.2, 0.25) is 5.02 Å². The largest absolute Gasteiger partial charge is 0.272 e. The summed E-state index contributed by atoms with van der Waals surface area (Å²) in [5, 5.41) is 4.61. The fourth-order valence-corrected chi connectivity index (χ4v) is 2.60. The topological polar surface area (TPSA) is 41.5 Å². The monoisotopic (exact) mass is 342 g/mol. The maximum absolute atomic E-state index is 12.2. The molecule has 126 valence electrons. The lowest BCUT2D eigenvalue weighted by atomic mass is 9.86. The molecule has 0 saturated heterocycles. The van der Waals surface area contributed by atoms with Gasteiger partial charge in [0.15, 0.2) is 0 Å². The molecule has 0 spiro atoms. The molecule has 0 heterocycles. The molecule has 24 heavy (non-hydrogen) atoms. The smallest absolute Gasteiger partial charge is 0.267 e. The summed E-state index contributed by atoms with van der Waals surface area (Å²) < 4.78 is 0. The van der Waals surface area contributed by atoms with Gasteiger partial charge >= 0.3 is 0 Å². The molecule has 0 atom stereocenters. The zero-order valence-electron chi connectivity index (χ0n) is 14.8. The van der Waals surface area contributed by atoms with E-state index in [1.807, 2.05) is 32.0 Å². The van der Waals surface area contributed by atoms with E-state index in [2.05, 4.69) is 43.4 Å². The van der Waals surface area contributed by atoms with Crippen molar-refractivity contribution < 1.29 is 4.79 Å². The second-order valence-corrected chi connectivity index (χ2v) is 7.36. The van der Waals surface area contributed by atoms with Gasteiger partial charge in [-0.2, -0.15) is 5.10 Å². The number of benzene rings is 2. The fourth-order valence-electron chi connectivity index (χ4n) is 2.28. The third-order valence-electron chi connectivity index (χ3n) is 3.86. The number of nitrogens with one attached hydrogen (secondary N) is 1. The van der Waals surface area contributed by atoms with Gasteiger partial charge in [0.2, 0.25) is 0 Å². The highest BCUT2D eigenvalue weighted by Crippen LogP contribution is 2.22. The minimum atomic E-state index is -0.314. The number of aryl methyl sites for hydroxylation is 1. The molecule has 1 amide bonds. The Kier molecular flexibility index (Phi) is 5.45. The normalized spacial score (nSPS) is 12.2. The van der Waals surface area contributed by atoms with Crippen LogP contribution in [0.5, 0.6) is 0 Å². The molecular formula is C20H23ClN2O. The van der Waals surface area contributed by atoms with Gasteiger partial charge in [0.1, 0.15) is 0 Å². The Hall–Kier alpha value is -2.13. The SMILES string of the molecule is CC(=NNC(=O)c1ccc(C)cc1Cl)c1ccc(C(C)(C)C)cc1. The van der Waals surface area contributed by atoms with E-state index >= 15 is 0 Å². The van der Waals surface area contributed by atoms with Crippen LogP contribution in [0.15, 0.2) is 47.6 Å². The maximum Gasteiger partial charge on any atom is 0.272 e. The number of hydrogen-bond donors (Lipinski definition) is 1. The summed E-state index contributed by atoms with van der Waals surface area (Å²) in [6, 6.07) is 13.5. The quantitative estimate of drug-likeness (QED) is 0.612. The standard InChI is InChI=1S/C20H23ClN2O/c1-13-6-11-17(18(21)12-13)19(24)23-22-14(2)15-7-9-16(10-8-15)20(3,4)5/h6-12H,1-5H3,(H,23,24). The van der Waals surface area contributed by atoms with E-state index in [1.165, 1.54) is 5.56 Å². The van der Waals surface area contributed by atoms with Crippen LogP contribution in [0.1, 0.15) is 54.7 Å². The van der Waals surface area contributed by atoms with E-state index in [4.69, 9.17) is 11.6 Å². The number of rotatable bonds is 3. The molecular weight excluding hydrogens is 320 g/mol. The Morgan fingerprint density at radius 1 is 1.08 bits per heavy atom. The van der Waals surface area contributed by atoms with Crippen molar-refractivity contribution in [1.82, 2.24) is 5.43 Å². The van der Waals surface area contributed by atoms with E-state index < -0.39 is 0 Å². The predicted octanol–water partition coefficient (Wildman–Crippen LogP) is 5.10. The lowest BCUT2D eigenvalue weighted by molar-refractivity contribution is 0.0955. The summed E-state index contributed by atoms with van der Waals surface area (Å²) >= 11 is 6.11. The average Bonchev–Trinajstić information content (AvgIpc) is 2.51. The van der Waals surface area contributed by atoms with Crippen molar-refractivity contribution in [2.45, 2.75) is 40.0 Å². The summed E-state index contributed by atoms with van der Waals surface area (Å²) in [5.74, 6) is -0.314. The number of carbonyl (C=O) groups is 1.